The number of rotatable bonds is 11. The van der Waals surface area contributed by atoms with Crippen molar-refractivity contribution in [3.8, 4) is 11.5 Å². The van der Waals surface area contributed by atoms with Crippen molar-refractivity contribution >= 4 is 23.7 Å². The van der Waals surface area contributed by atoms with Gasteiger partial charge in [-0.2, -0.15) is 0 Å². The van der Waals surface area contributed by atoms with Crippen LogP contribution in [0.2, 0.25) is 0 Å². The summed E-state index contributed by atoms with van der Waals surface area (Å²) >= 11 is 1.33. The highest BCUT2D eigenvalue weighted by Crippen LogP contribution is 2.27. The molecule has 0 spiro atoms. The zero-order valence-corrected chi connectivity index (χ0v) is 19.7. The highest BCUT2D eigenvalue weighted by atomic mass is 32.2. The number of hydrogen-bond donors (Lipinski definition) is 0. The summed E-state index contributed by atoms with van der Waals surface area (Å²) in [5.74, 6) is 1.11. The van der Waals surface area contributed by atoms with Crippen molar-refractivity contribution < 1.29 is 23.8 Å². The van der Waals surface area contributed by atoms with Crippen molar-refractivity contribution in [2.24, 2.45) is 0 Å². The summed E-state index contributed by atoms with van der Waals surface area (Å²) in [6.07, 6.45) is 3.17. The van der Waals surface area contributed by atoms with E-state index in [1.54, 1.807) is 45.0 Å². The first-order valence-corrected chi connectivity index (χ1v) is 11.3. The highest BCUT2D eigenvalue weighted by Gasteiger charge is 2.15. The number of allylic oxidation sites excluding steroid dienone is 2. The predicted octanol–water partition coefficient (Wildman–Crippen LogP) is 5.17. The number of hydrogen-bond acceptors (Lipinski definition) is 7. The van der Waals surface area contributed by atoms with Gasteiger partial charge in [-0.1, -0.05) is 30.3 Å². The van der Waals surface area contributed by atoms with Gasteiger partial charge in [0.15, 0.2) is 0 Å². The summed E-state index contributed by atoms with van der Waals surface area (Å²) in [7, 11) is 3.48. The van der Waals surface area contributed by atoms with E-state index in [2.05, 4.69) is 0 Å². The van der Waals surface area contributed by atoms with E-state index in [1.165, 1.54) is 11.8 Å². The SMILES string of the molecule is CCOC(=O)/C(=C/C=C(/C(=O)OCC)N(C)C)SCc1cccc(Oc2ccccc2)c1. The number of esters is 2. The average Bonchev–Trinajstić information content (AvgIpc) is 2.77. The Hall–Kier alpha value is -3.19. The summed E-state index contributed by atoms with van der Waals surface area (Å²) in [6.45, 7) is 4.04. The fraction of sp³-hybridized carbons (Fsp3) is 0.280. The quantitative estimate of drug-likeness (QED) is 0.263. The van der Waals surface area contributed by atoms with Crippen LogP contribution in [0.3, 0.4) is 0 Å². The van der Waals surface area contributed by atoms with E-state index in [4.69, 9.17) is 14.2 Å². The lowest BCUT2D eigenvalue weighted by Gasteiger charge is -2.15. The van der Waals surface area contributed by atoms with Gasteiger partial charge in [-0.25, -0.2) is 9.59 Å². The van der Waals surface area contributed by atoms with Gasteiger partial charge in [0.25, 0.3) is 0 Å². The lowest BCUT2D eigenvalue weighted by Crippen LogP contribution is -2.21. The van der Waals surface area contributed by atoms with Crippen LogP contribution in [-0.2, 0) is 24.8 Å². The Kier molecular flexibility index (Phi) is 10.4. The maximum Gasteiger partial charge on any atom is 0.354 e. The van der Waals surface area contributed by atoms with Crippen molar-refractivity contribution in [1.82, 2.24) is 4.90 Å². The number of likely N-dealkylation sites (N-methyl/N-ethyl adjacent to an activating group) is 1. The molecule has 0 fully saturated rings. The molecule has 0 radical (unpaired) electrons. The van der Waals surface area contributed by atoms with Gasteiger partial charge < -0.3 is 19.1 Å². The molecule has 0 aliphatic heterocycles. The Morgan fingerprint density at radius 3 is 2.19 bits per heavy atom. The molecular weight excluding hydrogens is 426 g/mol. The van der Waals surface area contributed by atoms with Gasteiger partial charge in [-0.15, -0.1) is 11.8 Å². The van der Waals surface area contributed by atoms with Gasteiger partial charge in [0.1, 0.15) is 17.2 Å². The standard InChI is InChI=1S/C25H29NO5S/c1-5-29-24(27)22(26(3)4)15-16-23(25(28)30-6-2)32-18-19-11-10-14-21(17-19)31-20-12-8-7-9-13-20/h7-17H,5-6,18H2,1-4H3/b22-15-,23-16-. The van der Waals surface area contributed by atoms with Gasteiger partial charge in [-0.05, 0) is 55.8 Å². The third-order valence-electron chi connectivity index (χ3n) is 4.11. The van der Waals surface area contributed by atoms with Crippen LogP contribution < -0.4 is 4.74 Å². The van der Waals surface area contributed by atoms with Crippen LogP contribution in [-0.4, -0.2) is 44.1 Å². The van der Waals surface area contributed by atoms with Crippen molar-refractivity contribution in [2.45, 2.75) is 19.6 Å². The topological polar surface area (TPSA) is 65.1 Å². The summed E-state index contributed by atoms with van der Waals surface area (Å²) in [5, 5.41) is 0. The second kappa shape index (κ2) is 13.3. The minimum atomic E-state index is -0.451. The van der Waals surface area contributed by atoms with E-state index in [0.29, 0.717) is 22.1 Å². The molecule has 0 amide bonds. The lowest BCUT2D eigenvalue weighted by molar-refractivity contribution is -0.140. The summed E-state index contributed by atoms with van der Waals surface area (Å²) in [6, 6.07) is 17.2. The lowest BCUT2D eigenvalue weighted by atomic mass is 10.2. The molecule has 0 saturated heterocycles. The zero-order chi connectivity index (χ0) is 23.3. The maximum absolute atomic E-state index is 12.5. The molecule has 0 aromatic heterocycles. The van der Waals surface area contributed by atoms with Crippen molar-refractivity contribution in [3.63, 3.8) is 0 Å². The molecule has 170 valence electrons. The van der Waals surface area contributed by atoms with E-state index in [9.17, 15) is 9.59 Å². The van der Waals surface area contributed by atoms with E-state index < -0.39 is 11.9 Å². The molecule has 0 saturated carbocycles. The summed E-state index contributed by atoms with van der Waals surface area (Å²) in [4.78, 5) is 26.7. The first-order valence-electron chi connectivity index (χ1n) is 10.3. The minimum absolute atomic E-state index is 0.263. The molecule has 0 N–H and O–H groups in total. The summed E-state index contributed by atoms with van der Waals surface area (Å²) in [5.41, 5.74) is 1.33. The Bertz CT molecular complexity index is 954. The van der Waals surface area contributed by atoms with Crippen LogP contribution in [0, 0.1) is 0 Å². The smallest absolute Gasteiger partial charge is 0.354 e. The fourth-order valence-electron chi connectivity index (χ4n) is 2.62. The van der Waals surface area contributed by atoms with Gasteiger partial charge in [-0.3, -0.25) is 0 Å². The average molecular weight is 456 g/mol. The number of thioether (sulfide) groups is 1. The molecule has 0 aliphatic rings. The number of benzene rings is 2. The van der Waals surface area contributed by atoms with Crippen LogP contribution in [0.15, 0.2) is 77.4 Å². The number of carbonyl (C=O) groups excluding carboxylic acids is 2. The summed E-state index contributed by atoms with van der Waals surface area (Å²) < 4.78 is 16.2. The Morgan fingerprint density at radius 2 is 1.53 bits per heavy atom. The number of carbonyl (C=O) groups is 2. The third-order valence-corrected chi connectivity index (χ3v) is 5.20. The highest BCUT2D eigenvalue weighted by molar-refractivity contribution is 8.03. The van der Waals surface area contributed by atoms with Crippen LogP contribution in [0.25, 0.3) is 0 Å². The minimum Gasteiger partial charge on any atom is -0.462 e. The molecular formula is C25H29NO5S. The molecule has 0 bridgehead atoms. The van der Waals surface area contributed by atoms with Crippen molar-refractivity contribution in [2.75, 3.05) is 27.3 Å². The van der Waals surface area contributed by atoms with Gasteiger partial charge in [0.05, 0.1) is 18.1 Å². The maximum atomic E-state index is 12.5. The Balaban J connectivity index is 2.18. The van der Waals surface area contributed by atoms with E-state index in [-0.39, 0.29) is 13.2 Å². The Morgan fingerprint density at radius 1 is 0.875 bits per heavy atom. The van der Waals surface area contributed by atoms with Gasteiger partial charge in [0, 0.05) is 19.8 Å². The second-order valence-corrected chi connectivity index (χ2v) is 7.79. The molecule has 2 aromatic carbocycles. The molecule has 2 rings (SSSR count). The van der Waals surface area contributed by atoms with E-state index >= 15 is 0 Å². The van der Waals surface area contributed by atoms with Crippen LogP contribution in [0.1, 0.15) is 19.4 Å². The van der Waals surface area contributed by atoms with Crippen LogP contribution in [0.5, 0.6) is 11.5 Å². The molecule has 7 heteroatoms. The molecule has 0 atom stereocenters. The van der Waals surface area contributed by atoms with Crippen LogP contribution in [0.4, 0.5) is 0 Å². The zero-order valence-electron chi connectivity index (χ0n) is 18.9. The monoisotopic (exact) mass is 455 g/mol. The Labute approximate surface area is 193 Å². The molecule has 32 heavy (non-hydrogen) atoms. The van der Waals surface area contributed by atoms with Crippen LogP contribution >= 0.6 is 11.8 Å². The normalized spacial score (nSPS) is 11.6. The molecule has 0 heterocycles. The third kappa shape index (κ3) is 8.15. The first kappa shape index (κ1) is 25.1. The van der Waals surface area contributed by atoms with Crippen molar-refractivity contribution in [3.05, 3.63) is 82.9 Å². The second-order valence-electron chi connectivity index (χ2n) is 6.77. The number of para-hydroxylation sites is 1. The van der Waals surface area contributed by atoms with Gasteiger partial charge in [0.2, 0.25) is 0 Å². The number of ether oxygens (including phenoxy) is 3. The van der Waals surface area contributed by atoms with E-state index in [0.717, 1.165) is 11.3 Å². The first-order chi connectivity index (χ1) is 15.4. The molecule has 0 unspecified atom stereocenters. The number of nitrogens with zero attached hydrogens (tertiary/aromatic N) is 1. The predicted molar refractivity (Wildman–Crippen MR) is 127 cm³/mol. The van der Waals surface area contributed by atoms with Crippen molar-refractivity contribution in [1.29, 1.82) is 0 Å². The molecule has 2 aromatic rings. The van der Waals surface area contributed by atoms with E-state index in [1.807, 2.05) is 54.6 Å². The largest absolute Gasteiger partial charge is 0.462 e. The fourth-order valence-corrected chi connectivity index (χ4v) is 3.46. The van der Waals surface area contributed by atoms with Gasteiger partial charge >= 0.3 is 11.9 Å². The molecule has 0 aliphatic carbocycles. The molecule has 6 nitrogen and oxygen atoms in total.